The van der Waals surface area contributed by atoms with Crippen LogP contribution in [0.5, 0.6) is 5.88 Å². The molecule has 96 valence electrons. The van der Waals surface area contributed by atoms with E-state index in [0.29, 0.717) is 18.2 Å². The first-order valence-electron chi connectivity index (χ1n) is 5.10. The van der Waals surface area contributed by atoms with Crippen LogP contribution in [0.15, 0.2) is 6.33 Å². The van der Waals surface area contributed by atoms with E-state index in [0.717, 1.165) is 5.56 Å². The maximum atomic E-state index is 11.8. The molecule has 7 heteroatoms. The number of nitrogens with one attached hydrogen (secondary N) is 1. The monoisotopic (exact) mass is 247 g/mol. The lowest BCUT2D eigenvalue weighted by molar-refractivity contribution is 0.0214. The Morgan fingerprint density at radius 3 is 2.82 bits per heavy atom. The van der Waals surface area contributed by atoms with Gasteiger partial charge in [-0.25, -0.2) is 18.7 Å². The molecular weight excluding hydrogens is 232 g/mol. The molecule has 0 saturated carbocycles. The first-order valence-corrected chi connectivity index (χ1v) is 5.10. The molecule has 5 nitrogen and oxygen atoms in total. The van der Waals surface area contributed by atoms with E-state index >= 15 is 0 Å². The summed E-state index contributed by atoms with van der Waals surface area (Å²) in [6, 6.07) is 0. The summed E-state index contributed by atoms with van der Waals surface area (Å²) in [6.07, 6.45) is -1.07. The summed E-state index contributed by atoms with van der Waals surface area (Å²) in [5, 5.41) is 2.96. The third kappa shape index (κ3) is 4.48. The molecule has 0 aliphatic heterocycles. The summed E-state index contributed by atoms with van der Waals surface area (Å²) in [4.78, 5) is 7.93. The van der Waals surface area contributed by atoms with Crippen molar-refractivity contribution in [1.82, 2.24) is 9.97 Å². The minimum Gasteiger partial charge on any atom is -0.481 e. The number of hydrogen-bond donors (Lipinski definition) is 1. The molecule has 0 amide bonds. The predicted molar refractivity (Wildman–Crippen MR) is 58.6 cm³/mol. The van der Waals surface area contributed by atoms with Crippen molar-refractivity contribution in [2.24, 2.45) is 0 Å². The predicted octanol–water partition coefficient (Wildman–Crippen LogP) is 1.49. The van der Waals surface area contributed by atoms with Gasteiger partial charge in [-0.05, 0) is 6.92 Å². The van der Waals surface area contributed by atoms with Crippen LogP contribution in [0, 0.1) is 6.92 Å². The molecule has 0 saturated heterocycles. The average molecular weight is 247 g/mol. The summed E-state index contributed by atoms with van der Waals surface area (Å²) in [6.45, 7) is 1.85. The molecule has 1 heterocycles. The Bertz CT molecular complexity index is 350. The van der Waals surface area contributed by atoms with Gasteiger partial charge in [-0.15, -0.1) is 0 Å². The lowest BCUT2D eigenvalue weighted by Crippen LogP contribution is -2.14. The van der Waals surface area contributed by atoms with Crippen LogP contribution >= 0.6 is 0 Å². The van der Waals surface area contributed by atoms with Gasteiger partial charge < -0.3 is 14.8 Å². The Morgan fingerprint density at radius 1 is 1.41 bits per heavy atom. The van der Waals surface area contributed by atoms with Gasteiger partial charge in [0, 0.05) is 6.54 Å². The third-order valence-electron chi connectivity index (χ3n) is 2.01. The summed E-state index contributed by atoms with van der Waals surface area (Å²) in [5.74, 6) is 1.09. The topological polar surface area (TPSA) is 56.3 Å². The number of alkyl halides is 2. The molecule has 1 aromatic rings. The molecule has 17 heavy (non-hydrogen) atoms. The molecule has 0 aliphatic rings. The maximum absolute atomic E-state index is 11.8. The summed E-state index contributed by atoms with van der Waals surface area (Å²) >= 11 is 0. The van der Waals surface area contributed by atoms with Gasteiger partial charge >= 0.3 is 0 Å². The molecule has 0 fully saturated rings. The van der Waals surface area contributed by atoms with E-state index < -0.39 is 13.0 Å². The smallest absolute Gasteiger partial charge is 0.261 e. The molecule has 0 aromatic carbocycles. The zero-order chi connectivity index (χ0) is 12.7. The Morgan fingerprint density at radius 2 is 2.18 bits per heavy atom. The normalized spacial score (nSPS) is 10.6. The van der Waals surface area contributed by atoms with E-state index in [4.69, 9.17) is 9.47 Å². The van der Waals surface area contributed by atoms with E-state index in [9.17, 15) is 8.78 Å². The first kappa shape index (κ1) is 13.6. The third-order valence-corrected chi connectivity index (χ3v) is 2.01. The van der Waals surface area contributed by atoms with Crippen LogP contribution in [-0.4, -0.2) is 43.3 Å². The molecule has 1 aromatic heterocycles. The number of nitrogens with zero attached hydrogens (tertiary/aromatic N) is 2. The number of rotatable bonds is 7. The van der Waals surface area contributed by atoms with Gasteiger partial charge in [-0.3, -0.25) is 0 Å². The molecule has 0 atom stereocenters. The molecule has 1 N–H and O–H groups in total. The Labute approximate surface area is 98.2 Å². The van der Waals surface area contributed by atoms with Crippen molar-refractivity contribution >= 4 is 5.82 Å². The van der Waals surface area contributed by atoms with Crippen LogP contribution in [0.2, 0.25) is 0 Å². The second kappa shape index (κ2) is 6.95. The van der Waals surface area contributed by atoms with Gasteiger partial charge in [0.05, 0.1) is 19.3 Å². The fourth-order valence-electron chi connectivity index (χ4n) is 1.23. The van der Waals surface area contributed by atoms with Crippen molar-refractivity contribution in [3.63, 3.8) is 0 Å². The van der Waals surface area contributed by atoms with Gasteiger partial charge in [0.15, 0.2) is 0 Å². The van der Waals surface area contributed by atoms with Gasteiger partial charge in [0.25, 0.3) is 6.43 Å². The fraction of sp³-hybridized carbons (Fsp3) is 0.600. The Kier molecular flexibility index (Phi) is 5.55. The van der Waals surface area contributed by atoms with Crippen molar-refractivity contribution < 1.29 is 18.3 Å². The molecule has 0 spiro atoms. The van der Waals surface area contributed by atoms with Gasteiger partial charge in [0.2, 0.25) is 5.88 Å². The molecule has 0 aliphatic carbocycles. The van der Waals surface area contributed by atoms with Crippen LogP contribution in [0.3, 0.4) is 0 Å². The lowest BCUT2D eigenvalue weighted by Gasteiger charge is -2.10. The number of anilines is 1. The minimum atomic E-state index is -2.43. The van der Waals surface area contributed by atoms with E-state index in [1.807, 2.05) is 0 Å². The zero-order valence-electron chi connectivity index (χ0n) is 9.74. The summed E-state index contributed by atoms with van der Waals surface area (Å²) in [5.41, 5.74) is 0.767. The van der Waals surface area contributed by atoms with Crippen LogP contribution in [-0.2, 0) is 4.74 Å². The quantitative estimate of drug-likeness (QED) is 0.740. The minimum absolute atomic E-state index is 0.191. The molecule has 0 radical (unpaired) electrons. The van der Waals surface area contributed by atoms with Crippen LogP contribution in [0.1, 0.15) is 5.56 Å². The van der Waals surface area contributed by atoms with E-state index in [-0.39, 0.29) is 6.61 Å². The summed E-state index contributed by atoms with van der Waals surface area (Å²) in [7, 11) is 1.52. The Balaban J connectivity index is 2.36. The average Bonchev–Trinajstić information content (AvgIpc) is 2.30. The van der Waals surface area contributed by atoms with Crippen LogP contribution in [0.25, 0.3) is 0 Å². The molecule has 0 unspecified atom stereocenters. The molecule has 1 rings (SSSR count). The van der Waals surface area contributed by atoms with Gasteiger partial charge in [-0.2, -0.15) is 0 Å². The number of hydrogen-bond acceptors (Lipinski definition) is 5. The largest absolute Gasteiger partial charge is 0.481 e. The second-order valence-corrected chi connectivity index (χ2v) is 3.25. The number of halogens is 2. The van der Waals surface area contributed by atoms with Crippen molar-refractivity contribution in [2.75, 3.05) is 32.2 Å². The molecule has 0 bridgehead atoms. The maximum Gasteiger partial charge on any atom is 0.261 e. The highest BCUT2D eigenvalue weighted by Gasteiger charge is 2.06. The van der Waals surface area contributed by atoms with Crippen molar-refractivity contribution in [3.05, 3.63) is 11.9 Å². The lowest BCUT2D eigenvalue weighted by atomic mass is 10.3. The van der Waals surface area contributed by atoms with E-state index in [1.54, 1.807) is 6.92 Å². The summed E-state index contributed by atoms with van der Waals surface area (Å²) < 4.78 is 33.3. The van der Waals surface area contributed by atoms with E-state index in [1.165, 1.54) is 13.4 Å². The first-order chi connectivity index (χ1) is 8.15. The number of ether oxygens (including phenoxy) is 2. The highest BCUT2D eigenvalue weighted by Crippen LogP contribution is 2.19. The van der Waals surface area contributed by atoms with Gasteiger partial charge in [-0.1, -0.05) is 0 Å². The molecular formula is C10H15F2N3O2. The van der Waals surface area contributed by atoms with Crippen LogP contribution in [0.4, 0.5) is 14.6 Å². The van der Waals surface area contributed by atoms with Crippen molar-refractivity contribution in [2.45, 2.75) is 13.3 Å². The van der Waals surface area contributed by atoms with Crippen molar-refractivity contribution in [1.29, 1.82) is 0 Å². The van der Waals surface area contributed by atoms with Gasteiger partial charge in [0.1, 0.15) is 18.8 Å². The van der Waals surface area contributed by atoms with Crippen molar-refractivity contribution in [3.8, 4) is 5.88 Å². The highest BCUT2D eigenvalue weighted by molar-refractivity contribution is 5.47. The second-order valence-electron chi connectivity index (χ2n) is 3.25. The number of methoxy groups -OCH3 is 1. The highest BCUT2D eigenvalue weighted by atomic mass is 19.3. The standard InChI is InChI=1S/C10H15F2N3O2/c1-7-9(14-6-15-10(7)16-2)13-3-4-17-5-8(11)12/h6,8H,3-5H2,1-2H3,(H,13,14,15). The SMILES string of the molecule is COc1ncnc(NCCOCC(F)F)c1C. The zero-order valence-corrected chi connectivity index (χ0v) is 9.74. The van der Waals surface area contributed by atoms with Crippen LogP contribution < -0.4 is 10.1 Å². The van der Waals surface area contributed by atoms with E-state index in [2.05, 4.69) is 15.3 Å². The Hall–Kier alpha value is -1.50. The number of aromatic nitrogens is 2. The fourth-order valence-corrected chi connectivity index (χ4v) is 1.23.